The molecule has 2 aromatic rings. The molecule has 0 aliphatic carbocycles. The van der Waals surface area contributed by atoms with Gasteiger partial charge in [-0.1, -0.05) is 30.3 Å². The predicted octanol–water partition coefficient (Wildman–Crippen LogP) is 1.69. The highest BCUT2D eigenvalue weighted by molar-refractivity contribution is 7.99. The second kappa shape index (κ2) is 4.14. The molecule has 0 radical (unpaired) electrons. The number of nitrogens with zero attached hydrogens (tertiary/aromatic N) is 2. The molecule has 6 heteroatoms. The fraction of sp³-hybridized carbons (Fsp3) is 0.0909. The standard InChI is InChI=1S/C11H11N5S/c12-10-9-11(16-17-15-10)14-8(13-9)6-7-4-2-1-3-5-7/h1-5,16H,6H2,(H2,12,15)(H,13,14). The van der Waals surface area contributed by atoms with E-state index >= 15 is 0 Å². The maximum Gasteiger partial charge on any atom is 0.167 e. The molecule has 1 aliphatic heterocycles. The van der Waals surface area contributed by atoms with E-state index in [0.29, 0.717) is 5.84 Å². The first-order valence-corrected chi connectivity index (χ1v) is 5.99. The molecule has 5 nitrogen and oxygen atoms in total. The van der Waals surface area contributed by atoms with Crippen LogP contribution in [-0.4, -0.2) is 15.8 Å². The van der Waals surface area contributed by atoms with Crippen LogP contribution in [0.3, 0.4) is 0 Å². The van der Waals surface area contributed by atoms with Gasteiger partial charge in [0, 0.05) is 6.42 Å². The van der Waals surface area contributed by atoms with Crippen molar-refractivity contribution in [3.8, 4) is 0 Å². The summed E-state index contributed by atoms with van der Waals surface area (Å²) in [5.41, 5.74) is 7.75. The van der Waals surface area contributed by atoms with E-state index in [1.165, 1.54) is 17.7 Å². The van der Waals surface area contributed by atoms with Crippen molar-refractivity contribution in [2.45, 2.75) is 6.42 Å². The molecule has 1 aliphatic rings. The molecule has 3 rings (SSSR count). The summed E-state index contributed by atoms with van der Waals surface area (Å²) in [7, 11) is 0. The van der Waals surface area contributed by atoms with Gasteiger partial charge in [0.1, 0.15) is 11.5 Å². The summed E-state index contributed by atoms with van der Waals surface area (Å²) in [6, 6.07) is 10.2. The minimum atomic E-state index is 0.482. The van der Waals surface area contributed by atoms with Crippen molar-refractivity contribution in [3.05, 3.63) is 47.4 Å². The number of aromatic nitrogens is 2. The van der Waals surface area contributed by atoms with Gasteiger partial charge < -0.3 is 10.7 Å². The number of anilines is 1. The van der Waals surface area contributed by atoms with Gasteiger partial charge >= 0.3 is 0 Å². The van der Waals surface area contributed by atoms with Crippen molar-refractivity contribution in [1.29, 1.82) is 0 Å². The van der Waals surface area contributed by atoms with E-state index in [0.717, 1.165) is 23.8 Å². The van der Waals surface area contributed by atoms with Crippen molar-refractivity contribution < 1.29 is 0 Å². The second-order valence-corrected chi connectivity index (χ2v) is 4.31. The Morgan fingerprint density at radius 2 is 2.06 bits per heavy atom. The van der Waals surface area contributed by atoms with Crippen LogP contribution in [0.25, 0.3) is 0 Å². The number of aromatic amines is 1. The van der Waals surface area contributed by atoms with Gasteiger partial charge in [-0.3, -0.25) is 4.72 Å². The van der Waals surface area contributed by atoms with Crippen LogP contribution in [0.2, 0.25) is 0 Å². The van der Waals surface area contributed by atoms with Crippen molar-refractivity contribution >= 4 is 23.8 Å². The third kappa shape index (κ3) is 1.99. The van der Waals surface area contributed by atoms with Gasteiger partial charge in [0.05, 0.1) is 12.1 Å². The Labute approximate surface area is 103 Å². The molecule has 17 heavy (non-hydrogen) atoms. The van der Waals surface area contributed by atoms with Gasteiger partial charge in [-0.15, -0.1) is 0 Å². The number of fused-ring (bicyclic) bond motifs is 1. The number of nitrogens with two attached hydrogens (primary N) is 1. The molecule has 86 valence electrons. The summed E-state index contributed by atoms with van der Waals surface area (Å²) < 4.78 is 7.03. The monoisotopic (exact) mass is 245 g/mol. The Bertz CT molecular complexity index is 560. The lowest BCUT2D eigenvalue weighted by Gasteiger charge is -2.06. The Morgan fingerprint density at radius 3 is 2.82 bits per heavy atom. The molecule has 0 bridgehead atoms. The predicted molar refractivity (Wildman–Crippen MR) is 69.8 cm³/mol. The number of hydrogen-bond donors (Lipinski definition) is 3. The molecule has 0 saturated heterocycles. The molecule has 1 aromatic carbocycles. The van der Waals surface area contributed by atoms with Crippen LogP contribution in [0.15, 0.2) is 34.7 Å². The van der Waals surface area contributed by atoms with Crippen LogP contribution in [0, 0.1) is 0 Å². The lowest BCUT2D eigenvalue weighted by Crippen LogP contribution is -2.17. The molecule has 0 fully saturated rings. The quantitative estimate of drug-likeness (QED) is 0.703. The van der Waals surface area contributed by atoms with Gasteiger partial charge in [-0.2, -0.15) is 4.40 Å². The highest BCUT2D eigenvalue weighted by Crippen LogP contribution is 2.23. The van der Waals surface area contributed by atoms with Gasteiger partial charge in [-0.05, 0) is 5.56 Å². The van der Waals surface area contributed by atoms with Crippen molar-refractivity contribution in [1.82, 2.24) is 9.97 Å². The Kier molecular flexibility index (Phi) is 2.49. The highest BCUT2D eigenvalue weighted by Gasteiger charge is 2.17. The third-order valence-corrected chi connectivity index (χ3v) is 3.08. The van der Waals surface area contributed by atoms with E-state index in [1.54, 1.807) is 0 Å². The summed E-state index contributed by atoms with van der Waals surface area (Å²) in [4.78, 5) is 7.64. The topological polar surface area (TPSA) is 79.1 Å². The number of nitrogens with one attached hydrogen (secondary N) is 2. The Balaban J connectivity index is 1.89. The van der Waals surface area contributed by atoms with Crippen LogP contribution in [0.4, 0.5) is 5.82 Å². The normalized spacial score (nSPS) is 13.8. The van der Waals surface area contributed by atoms with Gasteiger partial charge in [-0.25, -0.2) is 4.98 Å². The Hall–Kier alpha value is -1.95. The molecule has 0 atom stereocenters. The average molecular weight is 245 g/mol. The smallest absolute Gasteiger partial charge is 0.167 e. The minimum Gasteiger partial charge on any atom is -0.381 e. The van der Waals surface area contributed by atoms with Crippen LogP contribution in [0.1, 0.15) is 17.1 Å². The van der Waals surface area contributed by atoms with Crippen LogP contribution >= 0.6 is 12.1 Å². The third-order valence-electron chi connectivity index (χ3n) is 2.51. The van der Waals surface area contributed by atoms with E-state index in [4.69, 9.17) is 5.73 Å². The largest absolute Gasteiger partial charge is 0.381 e. The van der Waals surface area contributed by atoms with E-state index in [1.807, 2.05) is 18.2 Å². The number of rotatable bonds is 2. The minimum absolute atomic E-state index is 0.482. The second-order valence-electron chi connectivity index (χ2n) is 3.74. The first-order valence-electron chi connectivity index (χ1n) is 5.21. The number of imidazole rings is 1. The molecule has 0 amide bonds. The van der Waals surface area contributed by atoms with E-state index in [9.17, 15) is 0 Å². The van der Waals surface area contributed by atoms with Crippen LogP contribution in [-0.2, 0) is 6.42 Å². The maximum absolute atomic E-state index is 5.77. The van der Waals surface area contributed by atoms with E-state index in [2.05, 4.69) is 31.2 Å². The van der Waals surface area contributed by atoms with Crippen molar-refractivity contribution in [2.24, 2.45) is 10.1 Å². The zero-order valence-corrected chi connectivity index (χ0v) is 9.79. The number of H-pyrrole nitrogens is 1. The molecule has 0 spiro atoms. The molecule has 1 aromatic heterocycles. The molecule has 4 N–H and O–H groups in total. The summed E-state index contributed by atoms with van der Waals surface area (Å²) in [5, 5.41) is 0. The molecule has 0 saturated carbocycles. The maximum atomic E-state index is 5.77. The summed E-state index contributed by atoms with van der Waals surface area (Å²) in [6.07, 6.45) is 0.757. The summed E-state index contributed by atoms with van der Waals surface area (Å²) >= 11 is 1.20. The Morgan fingerprint density at radius 1 is 1.24 bits per heavy atom. The van der Waals surface area contributed by atoms with Crippen LogP contribution in [0.5, 0.6) is 0 Å². The fourth-order valence-corrected chi connectivity index (χ4v) is 2.18. The molecule has 0 unspecified atom stereocenters. The zero-order chi connectivity index (χ0) is 11.7. The van der Waals surface area contributed by atoms with E-state index < -0.39 is 0 Å². The molecular weight excluding hydrogens is 234 g/mol. The van der Waals surface area contributed by atoms with Gasteiger partial charge in [0.2, 0.25) is 0 Å². The number of amidine groups is 1. The lowest BCUT2D eigenvalue weighted by atomic mass is 10.1. The van der Waals surface area contributed by atoms with E-state index in [-0.39, 0.29) is 0 Å². The zero-order valence-electron chi connectivity index (χ0n) is 8.97. The van der Waals surface area contributed by atoms with Crippen LogP contribution < -0.4 is 10.5 Å². The molecular formula is C11H11N5S. The van der Waals surface area contributed by atoms with Gasteiger partial charge in [0.15, 0.2) is 11.7 Å². The fourth-order valence-electron chi connectivity index (χ4n) is 1.72. The first-order chi connectivity index (χ1) is 8.33. The van der Waals surface area contributed by atoms with Crippen molar-refractivity contribution in [3.63, 3.8) is 0 Å². The first kappa shape index (κ1) is 10.2. The molecule has 2 heterocycles. The van der Waals surface area contributed by atoms with Crippen molar-refractivity contribution in [2.75, 3.05) is 4.72 Å². The number of hydrogen-bond acceptors (Lipinski definition) is 5. The highest BCUT2D eigenvalue weighted by atomic mass is 32.2. The summed E-state index contributed by atoms with van der Waals surface area (Å²) in [6.45, 7) is 0. The average Bonchev–Trinajstić information content (AvgIpc) is 2.74. The lowest BCUT2D eigenvalue weighted by molar-refractivity contribution is 1.03. The van der Waals surface area contributed by atoms with Gasteiger partial charge in [0.25, 0.3) is 0 Å². The number of benzene rings is 1. The summed E-state index contributed by atoms with van der Waals surface area (Å²) in [5.74, 6) is 2.12. The SMILES string of the molecule is NC1=NSNc2nc(Cc3ccccc3)[nH]c21.